The van der Waals surface area contributed by atoms with Gasteiger partial charge in [0.05, 0.1) is 12.5 Å². The monoisotopic (exact) mass is 492 g/mol. The quantitative estimate of drug-likeness (QED) is 0.111. The van der Waals surface area contributed by atoms with Gasteiger partial charge in [0.25, 0.3) is 0 Å². The molecule has 0 bridgehead atoms. The van der Waals surface area contributed by atoms with Crippen LogP contribution in [0, 0.1) is 0 Å². The largest absolute Gasteiger partial charge is 2.00 e. The summed E-state index contributed by atoms with van der Waals surface area (Å²) in [5.74, 6) is -2.67. The molecule has 0 aliphatic heterocycles. The molecule has 2 N–H and O–H groups in total. The number of amides is 1. The zero-order valence-corrected chi connectivity index (χ0v) is 22.9. The van der Waals surface area contributed by atoms with Gasteiger partial charge in [0.1, 0.15) is 0 Å². The Hall–Kier alpha value is -1.38. The Bertz CT molecular complexity index is 620. The zero-order valence-electron chi connectivity index (χ0n) is 20.7. The standard InChI is InChI=1S/2C12H21NO3.Ca/c2*1-3-4-5-6-7-8-11(14)13-10(2)9-12(15)16;/h2*7-8,10H,3-6,9H2,1-2H3,(H,13,14)(H,15,16);/q;;+2/p-2/b2*8-7+;. The average molecular weight is 493 g/mol. The minimum absolute atomic E-state index is 0. The summed E-state index contributed by atoms with van der Waals surface area (Å²) in [5.41, 5.74) is 0. The number of rotatable bonds is 16. The molecule has 0 radical (unpaired) electrons. The van der Waals surface area contributed by atoms with Crippen molar-refractivity contribution in [3.8, 4) is 0 Å². The number of hydrogen-bond donors (Lipinski definition) is 2. The first-order valence-electron chi connectivity index (χ1n) is 11.4. The van der Waals surface area contributed by atoms with Crippen LogP contribution in [0.3, 0.4) is 0 Å². The van der Waals surface area contributed by atoms with Crippen LogP contribution in [0.1, 0.15) is 91.9 Å². The summed E-state index contributed by atoms with van der Waals surface area (Å²) >= 11 is 0. The molecule has 0 saturated heterocycles. The Kier molecular flexibility index (Phi) is 27.7. The van der Waals surface area contributed by atoms with Crippen LogP contribution in [0.5, 0.6) is 0 Å². The van der Waals surface area contributed by atoms with Crippen molar-refractivity contribution in [2.24, 2.45) is 4.99 Å². The molecule has 33 heavy (non-hydrogen) atoms. The van der Waals surface area contributed by atoms with Gasteiger partial charge in [0.15, 0.2) is 0 Å². The van der Waals surface area contributed by atoms with Gasteiger partial charge in [-0.25, -0.2) is 0 Å². The van der Waals surface area contributed by atoms with E-state index in [-0.39, 0.29) is 68.4 Å². The molecule has 0 saturated carbocycles. The fourth-order valence-electron chi connectivity index (χ4n) is 2.55. The van der Waals surface area contributed by atoms with E-state index in [0.29, 0.717) is 0 Å². The van der Waals surface area contributed by atoms with Crippen LogP contribution < -0.4 is 15.5 Å². The first kappa shape index (κ1) is 36.2. The molecule has 8 nitrogen and oxygen atoms in total. The number of aliphatic carboxylic acids is 2. The minimum atomic E-state index is -1.18. The van der Waals surface area contributed by atoms with E-state index >= 15 is 0 Å². The number of carbonyl (C=O) groups is 3. The van der Waals surface area contributed by atoms with Crippen LogP contribution in [-0.4, -0.2) is 78.7 Å². The molecule has 0 aliphatic rings. The van der Waals surface area contributed by atoms with Crippen molar-refractivity contribution in [3.05, 3.63) is 24.3 Å². The van der Waals surface area contributed by atoms with Gasteiger partial charge in [0, 0.05) is 18.4 Å². The fraction of sp³-hybridized carbons (Fsp3) is 0.667. The number of nitrogens with one attached hydrogen (secondary N) is 1. The van der Waals surface area contributed by atoms with Crippen LogP contribution in [0.4, 0.5) is 0 Å². The normalized spacial score (nSPS) is 13.0. The Morgan fingerprint density at radius 2 is 1.42 bits per heavy atom. The van der Waals surface area contributed by atoms with Crippen LogP contribution in [0.15, 0.2) is 29.3 Å². The molecule has 0 fully saturated rings. The first-order chi connectivity index (χ1) is 15.1. The van der Waals surface area contributed by atoms with E-state index in [1.54, 1.807) is 19.9 Å². The Morgan fingerprint density at radius 3 is 1.88 bits per heavy atom. The summed E-state index contributed by atoms with van der Waals surface area (Å²) in [6.07, 6.45) is 14.8. The van der Waals surface area contributed by atoms with Gasteiger partial charge >= 0.3 is 43.7 Å². The number of allylic oxidation sites excluding steroid dienone is 2. The Labute approximate surface area is 228 Å². The predicted octanol–water partition coefficient (Wildman–Crippen LogP) is 2.13. The fourth-order valence-corrected chi connectivity index (χ4v) is 2.55. The van der Waals surface area contributed by atoms with Gasteiger partial charge in [-0.05, 0) is 51.5 Å². The van der Waals surface area contributed by atoms with E-state index in [1.165, 1.54) is 18.6 Å². The van der Waals surface area contributed by atoms with Gasteiger partial charge in [-0.2, -0.15) is 0 Å². The number of carboxylic acid groups (broad SMARTS) is 2. The molecule has 2 atom stereocenters. The number of hydrogen-bond acceptors (Lipinski definition) is 6. The van der Waals surface area contributed by atoms with Crippen LogP contribution in [-0.2, 0) is 14.4 Å². The van der Waals surface area contributed by atoms with E-state index in [4.69, 9.17) is 5.11 Å². The van der Waals surface area contributed by atoms with Crippen LogP contribution in [0.25, 0.3) is 0 Å². The number of nitrogens with zero attached hydrogens (tertiary/aromatic N) is 1. The second kappa shape index (κ2) is 25.2. The summed E-state index contributed by atoms with van der Waals surface area (Å²) in [5, 5.41) is 32.5. The summed E-state index contributed by atoms with van der Waals surface area (Å²) in [4.78, 5) is 35.5. The van der Waals surface area contributed by atoms with Gasteiger partial charge in [-0.3, -0.25) is 14.6 Å². The third-order valence-corrected chi connectivity index (χ3v) is 4.16. The number of unbranched alkanes of at least 4 members (excludes halogenated alkanes) is 6. The summed E-state index contributed by atoms with van der Waals surface area (Å²) in [6, 6.07) is -0.844. The third kappa shape index (κ3) is 30.6. The zero-order chi connectivity index (χ0) is 24.8. The molecule has 0 aromatic heterocycles. The molecule has 0 spiro atoms. The maximum absolute atomic E-state index is 11.3. The van der Waals surface area contributed by atoms with Crippen molar-refractivity contribution in [2.75, 3.05) is 0 Å². The maximum Gasteiger partial charge on any atom is 2.00 e. The second-order valence-electron chi connectivity index (χ2n) is 7.70. The smallest absolute Gasteiger partial charge is 0.859 e. The molecule has 0 aliphatic carbocycles. The second-order valence-corrected chi connectivity index (χ2v) is 7.70. The predicted molar refractivity (Wildman–Crippen MR) is 129 cm³/mol. The average Bonchev–Trinajstić information content (AvgIpc) is 2.66. The molecule has 0 aromatic carbocycles. The first-order valence-corrected chi connectivity index (χ1v) is 11.4. The Balaban J connectivity index is -0.000000529. The molecular formula is C24H40CaN2O6. The van der Waals surface area contributed by atoms with Crippen LogP contribution >= 0.6 is 0 Å². The maximum atomic E-state index is 11.3. The van der Waals surface area contributed by atoms with E-state index in [9.17, 15) is 24.6 Å². The molecule has 2 unspecified atom stereocenters. The topological polar surface area (TPSA) is 142 Å². The van der Waals surface area contributed by atoms with Crippen LogP contribution in [0.2, 0.25) is 0 Å². The van der Waals surface area contributed by atoms with Gasteiger partial charge in [-0.15, -0.1) is 0 Å². The molecule has 1 amide bonds. The van der Waals surface area contributed by atoms with Gasteiger partial charge in [0.2, 0.25) is 5.91 Å². The molecule has 0 rings (SSSR count). The van der Waals surface area contributed by atoms with Crippen molar-refractivity contribution < 1.29 is 29.7 Å². The van der Waals surface area contributed by atoms with E-state index in [2.05, 4.69) is 24.2 Å². The van der Waals surface area contributed by atoms with Gasteiger partial charge in [-0.1, -0.05) is 57.8 Å². The molecular weight excluding hydrogens is 452 g/mol. The molecule has 0 aromatic rings. The molecule has 0 heterocycles. The minimum Gasteiger partial charge on any atom is -0.859 e. The Morgan fingerprint density at radius 1 is 0.909 bits per heavy atom. The van der Waals surface area contributed by atoms with Crippen molar-refractivity contribution >= 4 is 61.5 Å². The van der Waals surface area contributed by atoms with E-state index in [1.807, 2.05) is 6.08 Å². The van der Waals surface area contributed by atoms with E-state index < -0.39 is 18.0 Å². The third-order valence-electron chi connectivity index (χ3n) is 4.16. The molecule has 184 valence electrons. The summed E-state index contributed by atoms with van der Waals surface area (Å²) in [6.45, 7) is 7.51. The number of carbonyl (C=O) groups excluding carboxylic acids is 2. The number of aliphatic imine (C=N–C) groups is 1. The van der Waals surface area contributed by atoms with Crippen molar-refractivity contribution in [2.45, 2.75) is 104 Å². The van der Waals surface area contributed by atoms with Gasteiger partial charge < -0.3 is 25.4 Å². The number of carboxylic acids is 2. The SMILES string of the molecule is CCCCC/C=C/C(=O)NC(C)CC(=O)O.CCCCC/C=C/C([O-])=NC(C)CC(=O)[O-].[Ca+2]. The van der Waals surface area contributed by atoms with Crippen molar-refractivity contribution in [1.29, 1.82) is 0 Å². The summed E-state index contributed by atoms with van der Waals surface area (Å²) in [7, 11) is 0. The van der Waals surface area contributed by atoms with Crippen molar-refractivity contribution in [3.63, 3.8) is 0 Å². The molecule has 9 heteroatoms. The van der Waals surface area contributed by atoms with E-state index in [0.717, 1.165) is 44.9 Å². The summed E-state index contributed by atoms with van der Waals surface area (Å²) < 4.78 is 0. The van der Waals surface area contributed by atoms with Crippen molar-refractivity contribution in [1.82, 2.24) is 5.32 Å².